The molecule has 0 aliphatic heterocycles. The molecule has 1 nitrogen and oxygen atoms in total. The first-order chi connectivity index (χ1) is 10.1. The molecule has 0 aliphatic carbocycles. The Morgan fingerprint density at radius 1 is 1.10 bits per heavy atom. The van der Waals surface area contributed by atoms with Gasteiger partial charge in [-0.25, -0.2) is 4.39 Å². The molecule has 3 rings (SSSR count). The molecule has 1 unspecified atom stereocenters. The topological polar surface area (TPSA) is 12.0 Å². The quantitative estimate of drug-likeness (QED) is 0.720. The molecule has 0 amide bonds. The standard InChI is InChI=1S/C18H18FNS/c1-11-8-13(9-12(2)17(11)19)18(20-3)15-10-21-16-7-5-4-6-14(15)16/h4-10,18,20H,1-3H3. The molecule has 1 N–H and O–H groups in total. The van der Waals surface area contributed by atoms with E-state index in [-0.39, 0.29) is 11.9 Å². The summed E-state index contributed by atoms with van der Waals surface area (Å²) in [6.07, 6.45) is 0. The molecule has 0 saturated heterocycles. The minimum atomic E-state index is -0.108. The van der Waals surface area contributed by atoms with Crippen molar-refractivity contribution < 1.29 is 4.39 Å². The van der Waals surface area contributed by atoms with E-state index >= 15 is 0 Å². The van der Waals surface area contributed by atoms with Crippen LogP contribution >= 0.6 is 11.3 Å². The summed E-state index contributed by atoms with van der Waals surface area (Å²) >= 11 is 1.75. The minimum Gasteiger partial charge on any atom is -0.309 e. The monoisotopic (exact) mass is 299 g/mol. The zero-order valence-electron chi connectivity index (χ0n) is 12.4. The fraction of sp³-hybridized carbons (Fsp3) is 0.222. The van der Waals surface area contributed by atoms with Crippen LogP contribution in [0, 0.1) is 19.7 Å². The van der Waals surface area contributed by atoms with Crippen molar-refractivity contribution in [2.45, 2.75) is 19.9 Å². The van der Waals surface area contributed by atoms with Gasteiger partial charge in [0.25, 0.3) is 0 Å². The molecule has 0 bridgehead atoms. The smallest absolute Gasteiger partial charge is 0.129 e. The molecule has 0 saturated carbocycles. The Labute approximate surface area is 128 Å². The van der Waals surface area contributed by atoms with Crippen molar-refractivity contribution in [3.63, 3.8) is 0 Å². The van der Waals surface area contributed by atoms with Crippen LogP contribution in [0.5, 0.6) is 0 Å². The fourth-order valence-electron chi connectivity index (χ4n) is 2.87. The molecular weight excluding hydrogens is 281 g/mol. The number of benzene rings is 2. The number of rotatable bonds is 3. The molecule has 0 radical (unpaired) electrons. The van der Waals surface area contributed by atoms with Crippen molar-refractivity contribution in [3.8, 4) is 0 Å². The molecule has 1 heterocycles. The van der Waals surface area contributed by atoms with E-state index in [1.165, 1.54) is 15.6 Å². The highest BCUT2D eigenvalue weighted by Crippen LogP contribution is 2.34. The Balaban J connectivity index is 2.14. The fourth-order valence-corrected chi connectivity index (χ4v) is 3.86. The van der Waals surface area contributed by atoms with E-state index in [4.69, 9.17) is 0 Å². The van der Waals surface area contributed by atoms with Gasteiger partial charge in [-0.3, -0.25) is 0 Å². The third-order valence-electron chi connectivity index (χ3n) is 3.90. The van der Waals surface area contributed by atoms with E-state index < -0.39 is 0 Å². The summed E-state index contributed by atoms with van der Waals surface area (Å²) in [4.78, 5) is 0. The summed E-state index contributed by atoms with van der Waals surface area (Å²) in [5, 5.41) is 6.83. The van der Waals surface area contributed by atoms with Crippen molar-refractivity contribution in [2.75, 3.05) is 7.05 Å². The lowest BCUT2D eigenvalue weighted by atomic mass is 9.95. The van der Waals surface area contributed by atoms with E-state index in [1.54, 1.807) is 11.3 Å². The zero-order chi connectivity index (χ0) is 15.0. The normalized spacial score (nSPS) is 12.8. The van der Waals surface area contributed by atoms with Crippen LogP contribution in [0.25, 0.3) is 10.1 Å². The Hall–Kier alpha value is -1.71. The van der Waals surface area contributed by atoms with E-state index in [0.717, 1.165) is 5.56 Å². The van der Waals surface area contributed by atoms with Crippen molar-refractivity contribution in [1.82, 2.24) is 5.32 Å². The molecule has 3 heteroatoms. The van der Waals surface area contributed by atoms with Crippen molar-refractivity contribution >= 4 is 21.4 Å². The number of nitrogens with one attached hydrogen (secondary N) is 1. The average Bonchev–Trinajstić information content (AvgIpc) is 2.90. The molecular formula is C18H18FNS. The van der Waals surface area contributed by atoms with Crippen LogP contribution in [0.2, 0.25) is 0 Å². The largest absolute Gasteiger partial charge is 0.309 e. The van der Waals surface area contributed by atoms with E-state index in [1.807, 2.05) is 33.0 Å². The van der Waals surface area contributed by atoms with Gasteiger partial charge in [0, 0.05) is 4.70 Å². The van der Waals surface area contributed by atoms with Gasteiger partial charge in [0.05, 0.1) is 6.04 Å². The van der Waals surface area contributed by atoms with Gasteiger partial charge in [-0.2, -0.15) is 0 Å². The maximum atomic E-state index is 13.9. The summed E-state index contributed by atoms with van der Waals surface area (Å²) in [7, 11) is 1.95. The number of halogens is 1. The number of fused-ring (bicyclic) bond motifs is 1. The molecule has 0 fully saturated rings. The lowest BCUT2D eigenvalue weighted by Crippen LogP contribution is -2.17. The van der Waals surface area contributed by atoms with Gasteiger partial charge in [-0.05, 0) is 60.0 Å². The molecule has 2 aromatic carbocycles. The Morgan fingerprint density at radius 3 is 2.43 bits per heavy atom. The first-order valence-corrected chi connectivity index (χ1v) is 7.90. The lowest BCUT2D eigenvalue weighted by Gasteiger charge is -2.18. The van der Waals surface area contributed by atoms with Crippen LogP contribution in [0.3, 0.4) is 0 Å². The number of thiophene rings is 1. The Bertz CT molecular complexity index is 768. The zero-order valence-corrected chi connectivity index (χ0v) is 13.2. The predicted octanol–water partition coefficient (Wildman–Crippen LogP) is 4.97. The maximum Gasteiger partial charge on any atom is 0.129 e. The van der Waals surface area contributed by atoms with Gasteiger partial charge < -0.3 is 5.32 Å². The van der Waals surface area contributed by atoms with Crippen LogP contribution in [-0.4, -0.2) is 7.05 Å². The van der Waals surface area contributed by atoms with Gasteiger partial charge in [-0.1, -0.05) is 30.3 Å². The van der Waals surface area contributed by atoms with Crippen LogP contribution in [-0.2, 0) is 0 Å². The highest BCUT2D eigenvalue weighted by molar-refractivity contribution is 7.17. The molecule has 0 aliphatic rings. The highest BCUT2D eigenvalue weighted by Gasteiger charge is 2.18. The first-order valence-electron chi connectivity index (χ1n) is 7.02. The SMILES string of the molecule is CNC(c1cc(C)c(F)c(C)c1)c1csc2ccccc12. The van der Waals surface area contributed by atoms with Crippen molar-refractivity contribution in [3.05, 3.63) is 69.8 Å². The number of aryl methyl sites for hydroxylation is 2. The molecule has 1 aromatic heterocycles. The Kier molecular flexibility index (Phi) is 3.79. The van der Waals surface area contributed by atoms with Gasteiger partial charge in [0.1, 0.15) is 5.82 Å². The number of hydrogen-bond donors (Lipinski definition) is 1. The first kappa shape index (κ1) is 14.2. The summed E-state index contributed by atoms with van der Waals surface area (Å²) in [6.45, 7) is 3.65. The van der Waals surface area contributed by atoms with Crippen LogP contribution in [0.1, 0.15) is 28.3 Å². The molecule has 21 heavy (non-hydrogen) atoms. The molecule has 3 aromatic rings. The second kappa shape index (κ2) is 5.58. The second-order valence-corrected chi connectivity index (χ2v) is 6.29. The van der Waals surface area contributed by atoms with Crippen molar-refractivity contribution in [2.24, 2.45) is 0 Å². The maximum absolute atomic E-state index is 13.9. The van der Waals surface area contributed by atoms with Crippen LogP contribution in [0.4, 0.5) is 4.39 Å². The summed E-state index contributed by atoms with van der Waals surface area (Å²) < 4.78 is 15.1. The summed E-state index contributed by atoms with van der Waals surface area (Å²) in [5.41, 5.74) is 3.76. The minimum absolute atomic E-state index is 0.0825. The van der Waals surface area contributed by atoms with E-state index in [0.29, 0.717) is 11.1 Å². The van der Waals surface area contributed by atoms with Crippen molar-refractivity contribution in [1.29, 1.82) is 0 Å². The molecule has 108 valence electrons. The Morgan fingerprint density at radius 2 is 1.76 bits per heavy atom. The van der Waals surface area contributed by atoms with Gasteiger partial charge in [-0.15, -0.1) is 11.3 Å². The highest BCUT2D eigenvalue weighted by atomic mass is 32.1. The molecule has 0 spiro atoms. The summed E-state index contributed by atoms with van der Waals surface area (Å²) in [5.74, 6) is -0.108. The van der Waals surface area contributed by atoms with Crippen LogP contribution in [0.15, 0.2) is 41.8 Å². The van der Waals surface area contributed by atoms with Gasteiger partial charge in [0.15, 0.2) is 0 Å². The second-order valence-electron chi connectivity index (χ2n) is 5.38. The predicted molar refractivity (Wildman–Crippen MR) is 88.6 cm³/mol. The number of hydrogen-bond acceptors (Lipinski definition) is 2. The third-order valence-corrected chi connectivity index (χ3v) is 4.88. The average molecular weight is 299 g/mol. The summed E-state index contributed by atoms with van der Waals surface area (Å²) in [6, 6.07) is 12.4. The lowest BCUT2D eigenvalue weighted by molar-refractivity contribution is 0.605. The van der Waals surface area contributed by atoms with E-state index in [9.17, 15) is 4.39 Å². The molecule has 1 atom stereocenters. The van der Waals surface area contributed by atoms with Gasteiger partial charge in [0.2, 0.25) is 0 Å². The van der Waals surface area contributed by atoms with Gasteiger partial charge >= 0.3 is 0 Å². The third kappa shape index (κ3) is 2.47. The van der Waals surface area contributed by atoms with Crippen LogP contribution < -0.4 is 5.32 Å². The van der Waals surface area contributed by atoms with E-state index in [2.05, 4.69) is 35.0 Å².